The van der Waals surface area contributed by atoms with Crippen LogP contribution in [-0.4, -0.2) is 12.1 Å². The number of nitrogens with zero attached hydrogens (tertiary/aromatic N) is 1. The smallest absolute Gasteiger partial charge is 0.213 e. The Morgan fingerprint density at radius 2 is 2.16 bits per heavy atom. The van der Waals surface area contributed by atoms with Crippen molar-refractivity contribution in [1.29, 1.82) is 0 Å². The molecule has 4 heteroatoms. The Bertz CT molecular complexity index is 528. The number of rotatable bonds is 5. The fourth-order valence-corrected chi connectivity index (χ4v) is 2.35. The highest BCUT2D eigenvalue weighted by atomic mass is 79.9. The van der Waals surface area contributed by atoms with Crippen LogP contribution < -0.4 is 10.1 Å². The second kappa shape index (κ2) is 6.57. The Balaban J connectivity index is 2.14. The molecule has 0 amide bonds. The van der Waals surface area contributed by atoms with Crippen LogP contribution in [0.3, 0.4) is 0 Å². The Morgan fingerprint density at radius 1 is 1.32 bits per heavy atom. The van der Waals surface area contributed by atoms with Gasteiger partial charge >= 0.3 is 0 Å². The zero-order valence-electron chi connectivity index (χ0n) is 11.1. The highest BCUT2D eigenvalue weighted by Gasteiger charge is 2.09. The number of methoxy groups -OCH3 is 1. The lowest BCUT2D eigenvalue weighted by Crippen LogP contribution is -2.09. The van der Waals surface area contributed by atoms with E-state index >= 15 is 0 Å². The summed E-state index contributed by atoms with van der Waals surface area (Å²) in [5.41, 5.74) is 2.25. The molecule has 2 rings (SSSR count). The molecule has 0 radical (unpaired) electrons. The van der Waals surface area contributed by atoms with E-state index in [1.165, 1.54) is 5.56 Å². The highest BCUT2D eigenvalue weighted by molar-refractivity contribution is 9.10. The van der Waals surface area contributed by atoms with Crippen molar-refractivity contribution >= 4 is 21.6 Å². The molecule has 0 aliphatic rings. The lowest BCUT2D eigenvalue weighted by Gasteiger charge is -2.19. The molecule has 0 aliphatic carbocycles. The molecule has 1 aromatic heterocycles. The van der Waals surface area contributed by atoms with E-state index in [2.05, 4.69) is 51.4 Å². The Morgan fingerprint density at radius 3 is 2.74 bits per heavy atom. The number of benzene rings is 1. The molecule has 0 aliphatic heterocycles. The number of pyridine rings is 1. The third kappa shape index (κ3) is 3.70. The van der Waals surface area contributed by atoms with Crippen LogP contribution in [0.1, 0.15) is 24.9 Å². The molecule has 0 spiro atoms. The third-order valence-electron chi connectivity index (χ3n) is 2.95. The van der Waals surface area contributed by atoms with Gasteiger partial charge in [-0.2, -0.15) is 0 Å². The van der Waals surface area contributed by atoms with Gasteiger partial charge in [-0.15, -0.1) is 0 Å². The summed E-state index contributed by atoms with van der Waals surface area (Å²) in [6, 6.07) is 12.5. The van der Waals surface area contributed by atoms with Crippen molar-refractivity contribution in [3.63, 3.8) is 0 Å². The molecular weight excluding hydrogens is 304 g/mol. The van der Waals surface area contributed by atoms with Crippen molar-refractivity contribution in [2.45, 2.75) is 19.4 Å². The number of nitrogens with one attached hydrogen (secondary N) is 1. The molecule has 1 N–H and O–H groups in total. The summed E-state index contributed by atoms with van der Waals surface area (Å²) < 4.78 is 6.15. The summed E-state index contributed by atoms with van der Waals surface area (Å²) in [5, 5.41) is 3.48. The van der Waals surface area contributed by atoms with E-state index in [-0.39, 0.29) is 6.04 Å². The molecule has 1 unspecified atom stereocenters. The summed E-state index contributed by atoms with van der Waals surface area (Å²) in [4.78, 5) is 4.20. The van der Waals surface area contributed by atoms with E-state index in [1.807, 2.05) is 18.2 Å². The van der Waals surface area contributed by atoms with Gasteiger partial charge in [-0.1, -0.05) is 35.0 Å². The average molecular weight is 321 g/mol. The quantitative estimate of drug-likeness (QED) is 0.885. The maximum absolute atomic E-state index is 5.06. The lowest BCUT2D eigenvalue weighted by atomic mass is 10.0. The number of hydrogen-bond donors (Lipinski definition) is 1. The maximum atomic E-state index is 5.06. The zero-order chi connectivity index (χ0) is 13.7. The van der Waals surface area contributed by atoms with Crippen molar-refractivity contribution in [3.05, 3.63) is 52.6 Å². The van der Waals surface area contributed by atoms with Gasteiger partial charge in [-0.25, -0.2) is 4.98 Å². The number of hydrogen-bond acceptors (Lipinski definition) is 3. The minimum atomic E-state index is 0.271. The van der Waals surface area contributed by atoms with Crippen LogP contribution in [0.5, 0.6) is 5.88 Å². The van der Waals surface area contributed by atoms with E-state index in [0.29, 0.717) is 5.88 Å². The van der Waals surface area contributed by atoms with Gasteiger partial charge in [0.15, 0.2) is 0 Å². The van der Waals surface area contributed by atoms with E-state index in [1.54, 1.807) is 13.3 Å². The van der Waals surface area contributed by atoms with Gasteiger partial charge in [0, 0.05) is 10.5 Å². The van der Waals surface area contributed by atoms with Crippen molar-refractivity contribution in [3.8, 4) is 5.88 Å². The SMILES string of the molecule is CCC(Nc1ccc(OC)nc1)c1cccc(Br)c1. The number of halogens is 1. The second-order valence-corrected chi connectivity index (χ2v) is 5.17. The van der Waals surface area contributed by atoms with Gasteiger partial charge < -0.3 is 10.1 Å². The van der Waals surface area contributed by atoms with Gasteiger partial charge in [-0.05, 0) is 30.2 Å². The van der Waals surface area contributed by atoms with Crippen LogP contribution in [-0.2, 0) is 0 Å². The van der Waals surface area contributed by atoms with Crippen LogP contribution in [0.4, 0.5) is 5.69 Å². The molecule has 100 valence electrons. The Hall–Kier alpha value is -1.55. The summed E-state index contributed by atoms with van der Waals surface area (Å²) in [5.74, 6) is 0.626. The molecular formula is C15H17BrN2O. The standard InChI is InChI=1S/C15H17BrN2O/c1-3-14(11-5-4-6-12(16)9-11)18-13-7-8-15(19-2)17-10-13/h4-10,14,18H,3H2,1-2H3. The predicted molar refractivity (Wildman–Crippen MR) is 81.6 cm³/mol. The number of aromatic nitrogens is 1. The summed E-state index contributed by atoms with van der Waals surface area (Å²) >= 11 is 3.51. The monoisotopic (exact) mass is 320 g/mol. The molecule has 1 heterocycles. The van der Waals surface area contributed by atoms with E-state index in [9.17, 15) is 0 Å². The fraction of sp³-hybridized carbons (Fsp3) is 0.267. The van der Waals surface area contributed by atoms with Crippen LogP contribution >= 0.6 is 15.9 Å². The normalized spacial score (nSPS) is 11.9. The highest BCUT2D eigenvalue weighted by Crippen LogP contribution is 2.25. The van der Waals surface area contributed by atoms with Gasteiger partial charge in [0.2, 0.25) is 5.88 Å². The molecule has 2 aromatic rings. The summed E-state index contributed by atoms with van der Waals surface area (Å²) in [6.45, 7) is 2.16. The number of anilines is 1. The van der Waals surface area contributed by atoms with Gasteiger partial charge in [0.25, 0.3) is 0 Å². The molecule has 0 saturated carbocycles. The summed E-state index contributed by atoms with van der Waals surface area (Å²) in [7, 11) is 1.62. The fourth-order valence-electron chi connectivity index (χ4n) is 1.93. The average Bonchev–Trinajstić information content (AvgIpc) is 2.45. The van der Waals surface area contributed by atoms with Crippen LogP contribution in [0.25, 0.3) is 0 Å². The molecule has 19 heavy (non-hydrogen) atoms. The van der Waals surface area contributed by atoms with Crippen molar-refractivity contribution in [1.82, 2.24) is 4.98 Å². The van der Waals surface area contributed by atoms with Crippen LogP contribution in [0, 0.1) is 0 Å². The van der Waals surface area contributed by atoms with Gasteiger partial charge in [0.1, 0.15) is 0 Å². The van der Waals surface area contributed by atoms with Crippen molar-refractivity contribution in [2.24, 2.45) is 0 Å². The molecule has 1 aromatic carbocycles. The first-order valence-electron chi connectivity index (χ1n) is 6.25. The Kier molecular flexibility index (Phi) is 4.80. The first-order chi connectivity index (χ1) is 9.22. The molecule has 0 fully saturated rings. The Labute approximate surface area is 122 Å². The zero-order valence-corrected chi connectivity index (χ0v) is 12.6. The van der Waals surface area contributed by atoms with Crippen molar-refractivity contribution < 1.29 is 4.74 Å². The van der Waals surface area contributed by atoms with Gasteiger partial charge in [0.05, 0.1) is 25.0 Å². The first kappa shape index (κ1) is 13.9. The van der Waals surface area contributed by atoms with E-state index < -0.39 is 0 Å². The topological polar surface area (TPSA) is 34.1 Å². The second-order valence-electron chi connectivity index (χ2n) is 4.25. The van der Waals surface area contributed by atoms with Gasteiger partial charge in [-0.3, -0.25) is 0 Å². The largest absolute Gasteiger partial charge is 0.481 e. The number of ether oxygens (including phenoxy) is 1. The first-order valence-corrected chi connectivity index (χ1v) is 7.04. The molecule has 0 bridgehead atoms. The van der Waals surface area contributed by atoms with Crippen LogP contribution in [0.15, 0.2) is 47.1 Å². The molecule has 3 nitrogen and oxygen atoms in total. The third-order valence-corrected chi connectivity index (χ3v) is 3.44. The van der Waals surface area contributed by atoms with E-state index in [4.69, 9.17) is 4.74 Å². The van der Waals surface area contributed by atoms with Crippen LogP contribution in [0.2, 0.25) is 0 Å². The van der Waals surface area contributed by atoms with E-state index in [0.717, 1.165) is 16.6 Å². The van der Waals surface area contributed by atoms with Crippen molar-refractivity contribution in [2.75, 3.05) is 12.4 Å². The minimum absolute atomic E-state index is 0.271. The molecule has 1 atom stereocenters. The molecule has 0 saturated heterocycles. The summed E-state index contributed by atoms with van der Waals surface area (Å²) in [6.07, 6.45) is 2.79. The lowest BCUT2D eigenvalue weighted by molar-refractivity contribution is 0.398. The minimum Gasteiger partial charge on any atom is -0.481 e. The maximum Gasteiger partial charge on any atom is 0.213 e. The predicted octanol–water partition coefficient (Wildman–Crippen LogP) is 4.42.